The number of nitrogens with zero attached hydrogens (tertiary/aromatic N) is 2. The fraction of sp³-hybridized carbons (Fsp3) is 0.364. The molecule has 0 spiro atoms. The molecule has 0 bridgehead atoms. The zero-order valence-corrected chi connectivity index (χ0v) is 9.40. The lowest BCUT2D eigenvalue weighted by Crippen LogP contribution is -2.25. The first-order chi connectivity index (χ1) is 7.52. The fourth-order valence-corrected chi connectivity index (χ4v) is 1.32. The number of nitriles is 1. The highest BCUT2D eigenvalue weighted by atomic mass is 16.5. The largest absolute Gasteiger partial charge is 0.462 e. The van der Waals surface area contributed by atoms with E-state index in [1.54, 1.807) is 19.9 Å². The Labute approximate surface area is 92.9 Å². The van der Waals surface area contributed by atoms with Crippen LogP contribution in [0.25, 0.3) is 0 Å². The molecule has 5 heteroatoms. The molecule has 0 radical (unpaired) electrons. The van der Waals surface area contributed by atoms with Gasteiger partial charge in [-0.1, -0.05) is 0 Å². The van der Waals surface area contributed by atoms with Crippen LogP contribution in [0.1, 0.15) is 28.5 Å². The van der Waals surface area contributed by atoms with Gasteiger partial charge < -0.3 is 9.30 Å². The number of hydrogen-bond acceptors (Lipinski definition) is 4. The molecule has 0 aliphatic rings. The van der Waals surface area contributed by atoms with Crippen LogP contribution >= 0.6 is 0 Å². The van der Waals surface area contributed by atoms with E-state index in [9.17, 15) is 9.59 Å². The summed E-state index contributed by atoms with van der Waals surface area (Å²) in [7, 11) is 1.52. The quantitative estimate of drug-likeness (QED) is 0.689. The highest BCUT2D eigenvalue weighted by molar-refractivity contribution is 5.90. The van der Waals surface area contributed by atoms with E-state index in [-0.39, 0.29) is 17.7 Å². The minimum absolute atomic E-state index is 0.0591. The smallest absolute Gasteiger partial charge is 0.339 e. The van der Waals surface area contributed by atoms with E-state index >= 15 is 0 Å². The Hall–Kier alpha value is -2.09. The van der Waals surface area contributed by atoms with E-state index in [1.165, 1.54) is 17.7 Å². The molecule has 16 heavy (non-hydrogen) atoms. The monoisotopic (exact) mass is 220 g/mol. The van der Waals surface area contributed by atoms with Crippen LogP contribution in [-0.4, -0.2) is 17.1 Å². The van der Waals surface area contributed by atoms with Crippen molar-refractivity contribution in [3.05, 3.63) is 33.2 Å². The number of carbonyl (C=O) groups is 1. The summed E-state index contributed by atoms with van der Waals surface area (Å²) in [5.41, 5.74) is 0.271. The van der Waals surface area contributed by atoms with Gasteiger partial charge in [-0.05, 0) is 19.9 Å². The van der Waals surface area contributed by atoms with Crippen molar-refractivity contribution < 1.29 is 9.53 Å². The second kappa shape index (κ2) is 4.62. The summed E-state index contributed by atoms with van der Waals surface area (Å²) < 4.78 is 6.11. The lowest BCUT2D eigenvalue weighted by atomic mass is 10.1. The predicted octanol–water partition coefficient (Wildman–Crippen LogP) is 0.742. The Kier molecular flexibility index (Phi) is 3.46. The third-order valence-electron chi connectivity index (χ3n) is 2.33. The van der Waals surface area contributed by atoms with Gasteiger partial charge in [-0.2, -0.15) is 5.26 Å². The molecular weight excluding hydrogens is 208 g/mol. The van der Waals surface area contributed by atoms with Crippen LogP contribution in [-0.2, 0) is 11.8 Å². The zero-order valence-electron chi connectivity index (χ0n) is 9.40. The van der Waals surface area contributed by atoms with Crippen molar-refractivity contribution in [2.45, 2.75) is 13.8 Å². The Morgan fingerprint density at radius 1 is 1.62 bits per heavy atom. The number of ether oxygens (including phenoxy) is 1. The van der Waals surface area contributed by atoms with Crippen LogP contribution in [0.5, 0.6) is 0 Å². The van der Waals surface area contributed by atoms with Crippen molar-refractivity contribution in [3.8, 4) is 6.07 Å². The molecule has 1 aromatic rings. The van der Waals surface area contributed by atoms with Gasteiger partial charge in [-0.15, -0.1) is 0 Å². The molecule has 0 atom stereocenters. The minimum Gasteiger partial charge on any atom is -0.462 e. The summed E-state index contributed by atoms with van der Waals surface area (Å²) in [6, 6.07) is 3.03. The summed E-state index contributed by atoms with van der Waals surface area (Å²) in [4.78, 5) is 23.1. The summed E-state index contributed by atoms with van der Waals surface area (Å²) in [5, 5.41) is 8.75. The average molecular weight is 220 g/mol. The Balaban J connectivity index is 3.43. The maximum atomic E-state index is 11.6. The van der Waals surface area contributed by atoms with E-state index in [0.29, 0.717) is 5.69 Å². The van der Waals surface area contributed by atoms with E-state index in [2.05, 4.69) is 0 Å². The molecular formula is C11H12N2O3. The lowest BCUT2D eigenvalue weighted by molar-refractivity contribution is 0.0524. The first-order valence-corrected chi connectivity index (χ1v) is 4.80. The molecule has 84 valence electrons. The molecule has 1 rings (SSSR count). The van der Waals surface area contributed by atoms with Crippen LogP contribution in [0.2, 0.25) is 0 Å². The third kappa shape index (κ3) is 1.96. The van der Waals surface area contributed by atoms with E-state index in [4.69, 9.17) is 10.00 Å². The Morgan fingerprint density at radius 3 is 2.75 bits per heavy atom. The highest BCUT2D eigenvalue weighted by Crippen LogP contribution is 2.08. The van der Waals surface area contributed by atoms with Gasteiger partial charge in [0.2, 0.25) is 0 Å². The predicted molar refractivity (Wildman–Crippen MR) is 57.1 cm³/mol. The van der Waals surface area contributed by atoms with Crippen LogP contribution in [0, 0.1) is 18.3 Å². The lowest BCUT2D eigenvalue weighted by Gasteiger charge is -2.09. The van der Waals surface area contributed by atoms with E-state index < -0.39 is 11.5 Å². The van der Waals surface area contributed by atoms with Crippen molar-refractivity contribution in [3.63, 3.8) is 0 Å². The number of hydrogen-bond donors (Lipinski definition) is 0. The molecule has 0 fully saturated rings. The number of rotatable bonds is 2. The molecule has 0 aliphatic carbocycles. The van der Waals surface area contributed by atoms with Gasteiger partial charge in [-0.25, -0.2) is 4.79 Å². The first kappa shape index (κ1) is 12.0. The molecule has 1 heterocycles. The van der Waals surface area contributed by atoms with Gasteiger partial charge in [0.15, 0.2) is 0 Å². The van der Waals surface area contributed by atoms with Crippen LogP contribution in [0.15, 0.2) is 10.9 Å². The van der Waals surface area contributed by atoms with Gasteiger partial charge >= 0.3 is 5.97 Å². The Bertz CT molecular complexity index is 523. The van der Waals surface area contributed by atoms with Crippen molar-refractivity contribution in [1.29, 1.82) is 5.26 Å². The molecule has 0 saturated carbocycles. The highest BCUT2D eigenvalue weighted by Gasteiger charge is 2.15. The number of aromatic nitrogens is 1. The summed E-state index contributed by atoms with van der Waals surface area (Å²) >= 11 is 0. The van der Waals surface area contributed by atoms with Crippen LogP contribution < -0.4 is 5.56 Å². The van der Waals surface area contributed by atoms with Crippen molar-refractivity contribution in [2.75, 3.05) is 6.61 Å². The zero-order chi connectivity index (χ0) is 12.3. The average Bonchev–Trinajstić information content (AvgIpc) is 2.27. The number of carbonyl (C=O) groups excluding carboxylic acids is 1. The van der Waals surface area contributed by atoms with Crippen molar-refractivity contribution in [1.82, 2.24) is 4.57 Å². The maximum absolute atomic E-state index is 11.6. The molecule has 0 aliphatic heterocycles. The molecule has 0 unspecified atom stereocenters. The SMILES string of the molecule is CCOC(=O)c1cc(C#N)c(=O)n(C)c1C. The Morgan fingerprint density at radius 2 is 2.25 bits per heavy atom. The van der Waals surface area contributed by atoms with Gasteiger partial charge in [0.1, 0.15) is 11.6 Å². The standard InChI is InChI=1S/C11H12N2O3/c1-4-16-11(15)9-5-8(6-12)10(14)13(3)7(9)2/h5H,4H2,1-3H3. The van der Waals surface area contributed by atoms with Gasteiger partial charge in [-0.3, -0.25) is 4.79 Å². The second-order valence-electron chi connectivity index (χ2n) is 3.25. The van der Waals surface area contributed by atoms with E-state index in [1.807, 2.05) is 0 Å². The molecule has 0 N–H and O–H groups in total. The van der Waals surface area contributed by atoms with Gasteiger partial charge in [0.05, 0.1) is 12.2 Å². The molecule has 0 saturated heterocycles. The number of esters is 1. The van der Waals surface area contributed by atoms with Crippen molar-refractivity contribution in [2.24, 2.45) is 7.05 Å². The normalized spacial score (nSPS) is 9.62. The summed E-state index contributed by atoms with van der Waals surface area (Å²) in [5.74, 6) is -0.521. The maximum Gasteiger partial charge on any atom is 0.339 e. The molecule has 5 nitrogen and oxygen atoms in total. The summed E-state index contributed by atoms with van der Waals surface area (Å²) in [6.07, 6.45) is 0. The number of pyridine rings is 1. The van der Waals surface area contributed by atoms with Crippen LogP contribution in [0.3, 0.4) is 0 Å². The van der Waals surface area contributed by atoms with Gasteiger partial charge in [0, 0.05) is 12.7 Å². The topological polar surface area (TPSA) is 72.1 Å². The van der Waals surface area contributed by atoms with Crippen molar-refractivity contribution >= 4 is 5.97 Å². The third-order valence-corrected chi connectivity index (χ3v) is 2.33. The van der Waals surface area contributed by atoms with E-state index in [0.717, 1.165) is 0 Å². The second-order valence-corrected chi connectivity index (χ2v) is 3.25. The molecule has 0 amide bonds. The fourth-order valence-electron chi connectivity index (χ4n) is 1.32. The summed E-state index contributed by atoms with van der Waals surface area (Å²) in [6.45, 7) is 3.58. The molecule has 1 aromatic heterocycles. The first-order valence-electron chi connectivity index (χ1n) is 4.80. The minimum atomic E-state index is -0.521. The van der Waals surface area contributed by atoms with Crippen LogP contribution in [0.4, 0.5) is 0 Å². The molecule has 0 aromatic carbocycles. The van der Waals surface area contributed by atoms with Gasteiger partial charge in [0.25, 0.3) is 5.56 Å².